The summed E-state index contributed by atoms with van der Waals surface area (Å²) in [5, 5.41) is 15.7. The van der Waals surface area contributed by atoms with Crippen molar-refractivity contribution in [3.8, 4) is 0 Å². The summed E-state index contributed by atoms with van der Waals surface area (Å²) in [7, 11) is 0. The second kappa shape index (κ2) is 10.9. The van der Waals surface area contributed by atoms with Crippen LogP contribution in [0.1, 0.15) is 38.3 Å². The Labute approximate surface area is 198 Å². The second-order valence-corrected chi connectivity index (χ2v) is 9.81. The van der Waals surface area contributed by atoms with Crippen LogP contribution in [0.3, 0.4) is 0 Å². The maximum atomic E-state index is 13.7. The maximum Gasteiger partial charge on any atom is 0.145 e. The van der Waals surface area contributed by atoms with E-state index < -0.39 is 6.10 Å². The van der Waals surface area contributed by atoms with Crippen molar-refractivity contribution in [2.24, 2.45) is 5.16 Å². The van der Waals surface area contributed by atoms with Gasteiger partial charge in [-0.3, -0.25) is 4.90 Å². The molecular weight excluding hydrogens is 454 g/mol. The van der Waals surface area contributed by atoms with Crippen LogP contribution in [-0.2, 0) is 16.1 Å². The van der Waals surface area contributed by atoms with Crippen LogP contribution in [0, 0.1) is 5.82 Å². The molecule has 8 heteroatoms. The molecule has 0 saturated carbocycles. The number of oxime groups is 1. The molecule has 0 saturated heterocycles. The summed E-state index contributed by atoms with van der Waals surface area (Å²) < 4.78 is 19.4. The molecule has 3 rings (SSSR count). The molecule has 5 nitrogen and oxygen atoms in total. The van der Waals surface area contributed by atoms with Gasteiger partial charge >= 0.3 is 0 Å². The predicted molar refractivity (Wildman–Crippen MR) is 126 cm³/mol. The van der Waals surface area contributed by atoms with Crippen LogP contribution in [0.25, 0.3) is 0 Å². The van der Waals surface area contributed by atoms with Crippen molar-refractivity contribution in [1.82, 2.24) is 4.90 Å². The SMILES string of the molecule is CC(C)(C)OC[C@@H](O)CN(Cc1cccc(F)c1)C[C@H]1CC(c2ccc(Cl)c(Cl)c2)=NO1. The number of halogens is 3. The van der Waals surface area contributed by atoms with Crippen LogP contribution in [-0.4, -0.2) is 53.2 Å². The van der Waals surface area contributed by atoms with Gasteiger partial charge in [0.1, 0.15) is 11.9 Å². The Balaban J connectivity index is 1.64. The second-order valence-electron chi connectivity index (χ2n) is 9.00. The molecule has 0 aliphatic carbocycles. The van der Waals surface area contributed by atoms with Crippen LogP contribution in [0.5, 0.6) is 0 Å². The Hall–Kier alpha value is -1.70. The molecule has 1 N–H and O–H groups in total. The standard InChI is InChI=1S/C24H29Cl2FN2O3/c1-24(2,3)31-15-19(30)13-29(12-16-5-4-6-18(27)9-16)14-20-11-23(28-32-20)17-7-8-21(25)22(26)10-17/h4-10,19-20,30H,11-15H2,1-3H3/t19-,20+/m0/s1. The highest BCUT2D eigenvalue weighted by molar-refractivity contribution is 6.42. The van der Waals surface area contributed by atoms with Crippen LogP contribution in [0.15, 0.2) is 47.6 Å². The normalized spacial score (nSPS) is 17.4. The zero-order chi connectivity index (χ0) is 23.3. The van der Waals surface area contributed by atoms with E-state index in [0.29, 0.717) is 36.1 Å². The van der Waals surface area contributed by atoms with E-state index >= 15 is 0 Å². The lowest BCUT2D eigenvalue weighted by Gasteiger charge is -2.28. The van der Waals surface area contributed by atoms with Crippen molar-refractivity contribution in [1.29, 1.82) is 0 Å². The van der Waals surface area contributed by atoms with Gasteiger partial charge in [0.25, 0.3) is 0 Å². The third kappa shape index (κ3) is 7.71. The molecule has 0 bridgehead atoms. The molecule has 1 aliphatic rings. The first kappa shape index (κ1) is 24.9. The number of hydrogen-bond donors (Lipinski definition) is 1. The molecule has 2 aromatic rings. The first-order valence-corrected chi connectivity index (χ1v) is 11.3. The van der Waals surface area contributed by atoms with Gasteiger partial charge in [-0.15, -0.1) is 0 Å². The third-order valence-corrected chi connectivity index (χ3v) is 5.66. The van der Waals surface area contributed by atoms with Gasteiger partial charge in [-0.1, -0.05) is 46.6 Å². The van der Waals surface area contributed by atoms with E-state index in [1.807, 2.05) is 37.8 Å². The average molecular weight is 483 g/mol. The van der Waals surface area contributed by atoms with Crippen molar-refractivity contribution in [2.75, 3.05) is 19.7 Å². The lowest BCUT2D eigenvalue weighted by molar-refractivity contribution is -0.0600. The van der Waals surface area contributed by atoms with E-state index in [2.05, 4.69) is 5.16 Å². The van der Waals surface area contributed by atoms with Gasteiger partial charge in [0.05, 0.1) is 34.1 Å². The Morgan fingerprint density at radius 3 is 2.69 bits per heavy atom. The fourth-order valence-corrected chi connectivity index (χ4v) is 3.75. The average Bonchev–Trinajstić information content (AvgIpc) is 3.16. The maximum absolute atomic E-state index is 13.7. The minimum atomic E-state index is -0.695. The van der Waals surface area contributed by atoms with E-state index in [0.717, 1.165) is 16.8 Å². The minimum absolute atomic E-state index is 0.205. The van der Waals surface area contributed by atoms with Crippen LogP contribution in [0.2, 0.25) is 10.0 Å². The number of hydrogen-bond acceptors (Lipinski definition) is 5. The molecule has 1 aliphatic heterocycles. The first-order chi connectivity index (χ1) is 15.1. The highest BCUT2D eigenvalue weighted by Crippen LogP contribution is 2.26. The monoisotopic (exact) mass is 482 g/mol. The summed E-state index contributed by atoms with van der Waals surface area (Å²) in [4.78, 5) is 7.69. The quantitative estimate of drug-likeness (QED) is 0.526. The lowest BCUT2D eigenvalue weighted by atomic mass is 10.0. The van der Waals surface area contributed by atoms with Crippen molar-refractivity contribution >= 4 is 28.9 Å². The Morgan fingerprint density at radius 2 is 2.00 bits per heavy atom. The van der Waals surface area contributed by atoms with Gasteiger partial charge in [-0.25, -0.2) is 4.39 Å². The van der Waals surface area contributed by atoms with E-state index in [1.54, 1.807) is 18.2 Å². The first-order valence-electron chi connectivity index (χ1n) is 10.6. The highest BCUT2D eigenvalue weighted by atomic mass is 35.5. The zero-order valence-corrected chi connectivity index (χ0v) is 20.0. The van der Waals surface area contributed by atoms with Crippen LogP contribution in [0.4, 0.5) is 4.39 Å². The Morgan fingerprint density at radius 1 is 1.22 bits per heavy atom. The van der Waals surface area contributed by atoms with E-state index in [4.69, 9.17) is 32.8 Å². The molecule has 0 unspecified atom stereocenters. The van der Waals surface area contributed by atoms with Crippen LogP contribution >= 0.6 is 23.2 Å². The minimum Gasteiger partial charge on any atom is -0.390 e. The molecule has 2 atom stereocenters. The molecule has 1 heterocycles. The summed E-state index contributed by atoms with van der Waals surface area (Å²) >= 11 is 12.1. The zero-order valence-electron chi connectivity index (χ0n) is 18.5. The molecule has 2 aromatic carbocycles. The number of ether oxygens (including phenoxy) is 1. The number of aliphatic hydroxyl groups excluding tert-OH is 1. The molecule has 0 radical (unpaired) electrons. The predicted octanol–water partition coefficient (Wildman–Crippen LogP) is 5.30. The number of aliphatic hydroxyl groups is 1. The van der Waals surface area contributed by atoms with Gasteiger partial charge in [-0.2, -0.15) is 0 Å². The Bertz CT molecular complexity index is 949. The van der Waals surface area contributed by atoms with E-state index in [-0.39, 0.29) is 24.1 Å². The fraction of sp³-hybridized carbons (Fsp3) is 0.458. The van der Waals surface area contributed by atoms with Gasteiger partial charge in [0.15, 0.2) is 0 Å². The van der Waals surface area contributed by atoms with Crippen molar-refractivity contribution < 1.29 is 19.1 Å². The largest absolute Gasteiger partial charge is 0.390 e. The van der Waals surface area contributed by atoms with Crippen molar-refractivity contribution in [2.45, 2.75) is 51.5 Å². The number of rotatable bonds is 9. The molecule has 32 heavy (non-hydrogen) atoms. The third-order valence-electron chi connectivity index (χ3n) is 4.92. The van der Waals surface area contributed by atoms with Crippen LogP contribution < -0.4 is 0 Å². The molecule has 0 spiro atoms. The van der Waals surface area contributed by atoms with E-state index in [9.17, 15) is 9.50 Å². The Kier molecular flexibility index (Phi) is 8.53. The topological polar surface area (TPSA) is 54.3 Å². The summed E-state index contributed by atoms with van der Waals surface area (Å²) in [6.45, 7) is 7.37. The molecular formula is C24H29Cl2FN2O3. The molecule has 174 valence electrons. The van der Waals surface area contributed by atoms with Gasteiger partial charge < -0.3 is 14.7 Å². The highest BCUT2D eigenvalue weighted by Gasteiger charge is 2.26. The fourth-order valence-electron chi connectivity index (χ4n) is 3.45. The summed E-state index contributed by atoms with van der Waals surface area (Å²) in [6, 6.07) is 11.8. The number of benzene rings is 2. The summed E-state index contributed by atoms with van der Waals surface area (Å²) in [5.41, 5.74) is 2.12. The number of nitrogens with zero attached hydrogens (tertiary/aromatic N) is 2. The van der Waals surface area contributed by atoms with E-state index in [1.165, 1.54) is 12.1 Å². The molecule has 0 aromatic heterocycles. The van der Waals surface area contributed by atoms with Gasteiger partial charge in [0, 0.05) is 31.6 Å². The lowest BCUT2D eigenvalue weighted by Crippen LogP contribution is -2.40. The van der Waals surface area contributed by atoms with Gasteiger partial charge in [-0.05, 0) is 50.6 Å². The van der Waals surface area contributed by atoms with Gasteiger partial charge in [0.2, 0.25) is 0 Å². The summed E-state index contributed by atoms with van der Waals surface area (Å²) in [6.07, 6.45) is -0.310. The summed E-state index contributed by atoms with van der Waals surface area (Å²) in [5.74, 6) is -0.290. The van der Waals surface area contributed by atoms with Crippen molar-refractivity contribution in [3.63, 3.8) is 0 Å². The smallest absolute Gasteiger partial charge is 0.145 e. The van der Waals surface area contributed by atoms with Crippen molar-refractivity contribution in [3.05, 3.63) is 69.5 Å². The molecule has 0 fully saturated rings. The molecule has 0 amide bonds.